The Bertz CT molecular complexity index is 509. The van der Waals surface area contributed by atoms with E-state index in [1.165, 1.54) is 17.0 Å². The van der Waals surface area contributed by atoms with E-state index in [1.54, 1.807) is 0 Å². The number of nitrogens with zero attached hydrogens (tertiary/aromatic N) is 2. The maximum absolute atomic E-state index is 12.7. The molecule has 0 saturated carbocycles. The highest BCUT2D eigenvalue weighted by atomic mass is 79.9. The van der Waals surface area contributed by atoms with Gasteiger partial charge < -0.3 is 0 Å². The molecule has 0 aromatic carbocycles. The van der Waals surface area contributed by atoms with Crippen LogP contribution in [0.1, 0.15) is 12.1 Å². The lowest BCUT2D eigenvalue weighted by Crippen LogP contribution is -2.26. The number of aromatic nitrogens is 1. The van der Waals surface area contributed by atoms with Crippen molar-refractivity contribution in [3.8, 4) is 0 Å². The predicted octanol–water partition coefficient (Wildman–Crippen LogP) is 3.15. The van der Waals surface area contributed by atoms with Crippen LogP contribution in [0.4, 0.5) is 19.0 Å². The number of hydrogen-bond donors (Lipinski definition) is 1. The Balaban J connectivity index is 2.34. The Labute approximate surface area is 121 Å². The fourth-order valence-electron chi connectivity index (χ4n) is 1.91. The van der Waals surface area contributed by atoms with E-state index in [1.807, 2.05) is 0 Å². The molecule has 2 heterocycles. The van der Waals surface area contributed by atoms with Crippen molar-refractivity contribution in [2.45, 2.75) is 12.6 Å². The summed E-state index contributed by atoms with van der Waals surface area (Å²) in [5.41, 5.74) is -1.02. The second-order valence-electron chi connectivity index (χ2n) is 4.25. The summed E-state index contributed by atoms with van der Waals surface area (Å²) in [5, 5.41) is 0. The summed E-state index contributed by atoms with van der Waals surface area (Å²) >= 11 is 6.92. The molecule has 8 heteroatoms. The molecule has 1 amide bonds. The van der Waals surface area contributed by atoms with Crippen LogP contribution in [0.25, 0.3) is 0 Å². The van der Waals surface area contributed by atoms with Gasteiger partial charge in [-0.2, -0.15) is 25.8 Å². The summed E-state index contributed by atoms with van der Waals surface area (Å²) in [6.45, 7) is 0.355. The maximum Gasteiger partial charge on any atom is 0.434 e. The van der Waals surface area contributed by atoms with Crippen molar-refractivity contribution < 1.29 is 18.0 Å². The number of thiol groups is 1. The average molecular weight is 355 g/mol. The SMILES string of the molecule is O=C1CC(CS)CN1c1ccc(Br)c(C(F)(F)F)n1. The van der Waals surface area contributed by atoms with Crippen LogP contribution < -0.4 is 4.90 Å². The van der Waals surface area contributed by atoms with Gasteiger partial charge in [0.25, 0.3) is 0 Å². The van der Waals surface area contributed by atoms with Gasteiger partial charge in [0.15, 0.2) is 5.69 Å². The van der Waals surface area contributed by atoms with Crippen LogP contribution in [0.2, 0.25) is 0 Å². The van der Waals surface area contributed by atoms with Crippen molar-refractivity contribution in [3.63, 3.8) is 0 Å². The van der Waals surface area contributed by atoms with E-state index < -0.39 is 11.9 Å². The van der Waals surface area contributed by atoms with Gasteiger partial charge in [-0.1, -0.05) is 0 Å². The number of carbonyl (C=O) groups is 1. The minimum absolute atomic E-state index is 0.0322. The fraction of sp³-hybridized carbons (Fsp3) is 0.455. The summed E-state index contributed by atoms with van der Waals surface area (Å²) in [6, 6.07) is 2.66. The third kappa shape index (κ3) is 3.05. The molecule has 1 aliphatic heterocycles. The Kier molecular flexibility index (Phi) is 4.10. The molecule has 0 bridgehead atoms. The molecule has 0 radical (unpaired) electrons. The molecular formula is C11H10BrF3N2OS. The van der Waals surface area contributed by atoms with E-state index in [0.29, 0.717) is 18.7 Å². The van der Waals surface area contributed by atoms with Crippen molar-refractivity contribution in [3.05, 3.63) is 22.3 Å². The van der Waals surface area contributed by atoms with Gasteiger partial charge in [0.1, 0.15) is 5.82 Å². The van der Waals surface area contributed by atoms with Gasteiger partial charge in [0.05, 0.1) is 0 Å². The Hall–Kier alpha value is -0.760. The first-order chi connectivity index (χ1) is 8.82. The number of alkyl halides is 3. The highest BCUT2D eigenvalue weighted by molar-refractivity contribution is 9.10. The molecule has 1 saturated heterocycles. The van der Waals surface area contributed by atoms with Crippen molar-refractivity contribution in [2.24, 2.45) is 5.92 Å². The predicted molar refractivity (Wildman–Crippen MR) is 71.3 cm³/mol. The first-order valence-corrected chi connectivity index (χ1v) is 6.90. The first-order valence-electron chi connectivity index (χ1n) is 5.48. The number of carbonyl (C=O) groups excluding carboxylic acids is 1. The van der Waals surface area contributed by atoms with Crippen LogP contribution >= 0.6 is 28.6 Å². The standard InChI is InChI=1S/C11H10BrF3N2OS/c12-7-1-2-8(16-10(7)11(13,14)15)17-4-6(5-19)3-9(17)18/h1-2,6,19H,3-5H2. The lowest BCUT2D eigenvalue weighted by molar-refractivity contribution is -0.141. The summed E-state index contributed by atoms with van der Waals surface area (Å²) in [7, 11) is 0. The minimum atomic E-state index is -4.55. The Morgan fingerprint density at radius 1 is 1.47 bits per heavy atom. The molecule has 1 unspecified atom stereocenters. The van der Waals surface area contributed by atoms with Crippen molar-refractivity contribution in [1.29, 1.82) is 0 Å². The summed E-state index contributed by atoms with van der Waals surface area (Å²) in [6.07, 6.45) is -4.26. The quantitative estimate of drug-likeness (QED) is 0.827. The highest BCUT2D eigenvalue weighted by Gasteiger charge is 2.37. The average Bonchev–Trinajstić information content (AvgIpc) is 2.70. The smallest absolute Gasteiger partial charge is 0.296 e. The zero-order valence-electron chi connectivity index (χ0n) is 9.62. The molecule has 3 nitrogen and oxygen atoms in total. The van der Waals surface area contributed by atoms with Crippen LogP contribution in [0.3, 0.4) is 0 Å². The molecule has 0 aliphatic carbocycles. The van der Waals surface area contributed by atoms with Crippen LogP contribution in [-0.2, 0) is 11.0 Å². The van der Waals surface area contributed by atoms with Gasteiger partial charge in [-0.3, -0.25) is 9.69 Å². The lowest BCUT2D eigenvalue weighted by atomic mass is 10.1. The first kappa shape index (κ1) is 14.6. The van der Waals surface area contributed by atoms with E-state index in [4.69, 9.17) is 0 Å². The normalized spacial score (nSPS) is 20.2. The van der Waals surface area contributed by atoms with E-state index in [9.17, 15) is 18.0 Å². The summed E-state index contributed by atoms with van der Waals surface area (Å²) < 4.78 is 38.1. The van der Waals surface area contributed by atoms with Gasteiger partial charge in [0.2, 0.25) is 5.91 Å². The number of rotatable bonds is 2. The molecular weight excluding hydrogens is 345 g/mol. The molecule has 1 atom stereocenters. The number of pyridine rings is 1. The maximum atomic E-state index is 12.7. The molecule has 1 aromatic heterocycles. The zero-order chi connectivity index (χ0) is 14.2. The van der Waals surface area contributed by atoms with Crippen LogP contribution in [0, 0.1) is 5.92 Å². The number of amides is 1. The third-order valence-electron chi connectivity index (χ3n) is 2.84. The molecule has 2 rings (SSSR count). The van der Waals surface area contributed by atoms with Crippen molar-refractivity contribution in [2.75, 3.05) is 17.2 Å². The van der Waals surface area contributed by atoms with Crippen LogP contribution in [-0.4, -0.2) is 23.2 Å². The highest BCUT2D eigenvalue weighted by Crippen LogP contribution is 2.35. The van der Waals surface area contributed by atoms with Gasteiger partial charge in [-0.15, -0.1) is 0 Å². The second-order valence-corrected chi connectivity index (χ2v) is 5.47. The van der Waals surface area contributed by atoms with Crippen molar-refractivity contribution in [1.82, 2.24) is 4.98 Å². The number of halogens is 4. The monoisotopic (exact) mass is 354 g/mol. The van der Waals surface area contributed by atoms with Gasteiger partial charge >= 0.3 is 6.18 Å². The van der Waals surface area contributed by atoms with E-state index >= 15 is 0 Å². The molecule has 1 fully saturated rings. The van der Waals surface area contributed by atoms with E-state index in [-0.39, 0.29) is 22.1 Å². The van der Waals surface area contributed by atoms with Crippen LogP contribution in [0.5, 0.6) is 0 Å². The molecule has 1 aliphatic rings. The van der Waals surface area contributed by atoms with E-state index in [2.05, 4.69) is 33.5 Å². The van der Waals surface area contributed by atoms with Gasteiger partial charge in [-0.05, 0) is 39.7 Å². The topological polar surface area (TPSA) is 33.2 Å². The van der Waals surface area contributed by atoms with Crippen molar-refractivity contribution >= 4 is 40.3 Å². The second kappa shape index (κ2) is 5.32. The van der Waals surface area contributed by atoms with Gasteiger partial charge in [0, 0.05) is 17.4 Å². The third-order valence-corrected chi connectivity index (χ3v) is 4.00. The summed E-state index contributed by atoms with van der Waals surface area (Å²) in [4.78, 5) is 16.6. The minimum Gasteiger partial charge on any atom is -0.296 e. The Morgan fingerprint density at radius 2 is 2.16 bits per heavy atom. The molecule has 1 aromatic rings. The summed E-state index contributed by atoms with van der Waals surface area (Å²) in [5.74, 6) is 0.382. The largest absolute Gasteiger partial charge is 0.434 e. The van der Waals surface area contributed by atoms with Gasteiger partial charge in [-0.25, -0.2) is 4.98 Å². The molecule has 0 spiro atoms. The molecule has 0 N–H and O–H groups in total. The van der Waals surface area contributed by atoms with E-state index in [0.717, 1.165) is 0 Å². The fourth-order valence-corrected chi connectivity index (χ4v) is 2.60. The van der Waals surface area contributed by atoms with Crippen LogP contribution in [0.15, 0.2) is 16.6 Å². The number of anilines is 1. The lowest BCUT2D eigenvalue weighted by Gasteiger charge is -2.17. The zero-order valence-corrected chi connectivity index (χ0v) is 12.1. The Morgan fingerprint density at radius 3 is 2.68 bits per heavy atom. The molecule has 104 valence electrons. The number of hydrogen-bond acceptors (Lipinski definition) is 3. The molecule has 19 heavy (non-hydrogen) atoms.